The number of rotatable bonds is 5. The molecule has 2 fully saturated rings. The minimum atomic E-state index is -5.06. The van der Waals surface area contributed by atoms with E-state index in [4.69, 9.17) is 9.47 Å². The highest BCUT2D eigenvalue weighted by atomic mass is 19.4. The quantitative estimate of drug-likeness (QED) is 0.548. The first kappa shape index (κ1) is 24.9. The number of benzene rings is 1. The Morgan fingerprint density at radius 2 is 1.88 bits per heavy atom. The van der Waals surface area contributed by atoms with E-state index in [0.29, 0.717) is 37.8 Å². The van der Waals surface area contributed by atoms with Crippen molar-refractivity contribution in [3.8, 4) is 5.75 Å². The molecule has 0 bridgehead atoms. The van der Waals surface area contributed by atoms with Crippen LogP contribution in [0.15, 0.2) is 18.2 Å². The molecule has 1 aliphatic heterocycles. The summed E-state index contributed by atoms with van der Waals surface area (Å²) in [5.41, 5.74) is -1.37. The molecule has 1 aliphatic carbocycles. The summed E-state index contributed by atoms with van der Waals surface area (Å²) in [7, 11) is 1.20. The van der Waals surface area contributed by atoms with E-state index in [2.05, 4.69) is 4.74 Å². The maximum Gasteiger partial charge on any atom is 0.573 e. The zero-order valence-electron chi connectivity index (χ0n) is 19.0. The van der Waals surface area contributed by atoms with Crippen LogP contribution in [0.1, 0.15) is 52.0 Å². The van der Waals surface area contributed by atoms with Crippen LogP contribution in [0.3, 0.4) is 0 Å². The van der Waals surface area contributed by atoms with Crippen LogP contribution >= 0.6 is 0 Å². The lowest BCUT2D eigenvalue weighted by Gasteiger charge is -2.36. The number of nitrogens with zero attached hydrogens (tertiary/aromatic N) is 2. The van der Waals surface area contributed by atoms with Crippen molar-refractivity contribution in [1.29, 1.82) is 0 Å². The molecular weight excluding hydrogens is 448 g/mol. The summed E-state index contributed by atoms with van der Waals surface area (Å²) in [6.45, 7) is 5.82. The second-order valence-corrected chi connectivity index (χ2v) is 9.28. The van der Waals surface area contributed by atoms with Crippen LogP contribution in [0, 0.1) is 5.82 Å². The number of amides is 2. The highest BCUT2D eigenvalue weighted by Crippen LogP contribution is 2.52. The third-order valence-corrected chi connectivity index (χ3v) is 5.73. The Morgan fingerprint density at radius 1 is 1.21 bits per heavy atom. The van der Waals surface area contributed by atoms with Crippen molar-refractivity contribution in [3.63, 3.8) is 0 Å². The number of carbonyl (C=O) groups excluding carboxylic acids is 2. The highest BCUT2D eigenvalue weighted by molar-refractivity contribution is 5.71. The summed E-state index contributed by atoms with van der Waals surface area (Å²) >= 11 is 0. The van der Waals surface area contributed by atoms with Crippen LogP contribution in [0.5, 0.6) is 5.75 Å². The molecule has 11 heteroatoms. The molecule has 1 aromatic rings. The van der Waals surface area contributed by atoms with Gasteiger partial charge in [0, 0.05) is 13.1 Å². The van der Waals surface area contributed by atoms with E-state index in [9.17, 15) is 27.2 Å². The van der Waals surface area contributed by atoms with Gasteiger partial charge in [-0.1, -0.05) is 6.07 Å². The molecule has 1 saturated carbocycles. The molecule has 1 atom stereocenters. The molecule has 1 saturated heterocycles. The molecule has 3 rings (SSSR count). The van der Waals surface area contributed by atoms with Gasteiger partial charge in [-0.15, -0.1) is 13.2 Å². The minimum absolute atomic E-state index is 0.0960. The number of hydrogen-bond donors (Lipinski definition) is 0. The Morgan fingerprint density at radius 3 is 2.42 bits per heavy atom. The third kappa shape index (κ3) is 5.80. The van der Waals surface area contributed by atoms with Crippen LogP contribution in [-0.2, 0) is 15.0 Å². The predicted molar refractivity (Wildman–Crippen MR) is 109 cm³/mol. The molecule has 0 spiro atoms. The van der Waals surface area contributed by atoms with Gasteiger partial charge >= 0.3 is 18.5 Å². The standard InChI is InChI=1S/C22H28F4N2O5/c1-20(2,3)33-18(29)27-11-5-6-15(27)13-28(19(30)31-4)21(9-10-21)14-7-8-16(23)17(12-14)32-22(24,25)26/h7-8,12,15H,5-6,9-11,13H2,1-4H3/t15-/m1/s1. The summed E-state index contributed by atoms with van der Waals surface area (Å²) in [6, 6.07) is 2.82. The summed E-state index contributed by atoms with van der Waals surface area (Å²) in [5, 5.41) is 0. The first-order chi connectivity index (χ1) is 15.3. The van der Waals surface area contributed by atoms with Crippen molar-refractivity contribution in [3.05, 3.63) is 29.6 Å². The van der Waals surface area contributed by atoms with E-state index in [0.717, 1.165) is 12.1 Å². The molecule has 2 aliphatic rings. The van der Waals surface area contributed by atoms with Gasteiger partial charge in [-0.25, -0.2) is 14.0 Å². The lowest BCUT2D eigenvalue weighted by atomic mass is 10.0. The second kappa shape index (κ2) is 8.90. The largest absolute Gasteiger partial charge is 0.573 e. The highest BCUT2D eigenvalue weighted by Gasteiger charge is 2.54. The van der Waals surface area contributed by atoms with E-state index in [1.54, 1.807) is 25.7 Å². The molecular formula is C22H28F4N2O5. The van der Waals surface area contributed by atoms with Crippen molar-refractivity contribution in [2.24, 2.45) is 0 Å². The molecule has 0 aromatic heterocycles. The fourth-order valence-electron chi connectivity index (χ4n) is 4.16. The molecule has 0 unspecified atom stereocenters. The number of alkyl halides is 3. The Labute approximate surface area is 189 Å². The van der Waals surface area contributed by atoms with Gasteiger partial charge in [-0.3, -0.25) is 4.90 Å². The number of ether oxygens (including phenoxy) is 3. The van der Waals surface area contributed by atoms with Crippen LogP contribution < -0.4 is 4.74 Å². The second-order valence-electron chi connectivity index (χ2n) is 9.28. The average Bonchev–Trinajstić information content (AvgIpc) is 3.35. The first-order valence-corrected chi connectivity index (χ1v) is 10.7. The number of carbonyl (C=O) groups is 2. The summed E-state index contributed by atoms with van der Waals surface area (Å²) < 4.78 is 66.2. The molecule has 33 heavy (non-hydrogen) atoms. The van der Waals surface area contributed by atoms with E-state index in [1.807, 2.05) is 0 Å². The van der Waals surface area contributed by atoms with Crippen molar-refractivity contribution in [2.75, 3.05) is 20.2 Å². The monoisotopic (exact) mass is 476 g/mol. The first-order valence-electron chi connectivity index (χ1n) is 10.7. The van der Waals surface area contributed by atoms with Gasteiger partial charge in [0.15, 0.2) is 11.6 Å². The van der Waals surface area contributed by atoms with Gasteiger partial charge in [0.2, 0.25) is 0 Å². The molecule has 7 nitrogen and oxygen atoms in total. The number of hydrogen-bond acceptors (Lipinski definition) is 5. The van der Waals surface area contributed by atoms with Gasteiger partial charge < -0.3 is 19.1 Å². The topological polar surface area (TPSA) is 68.3 Å². The van der Waals surface area contributed by atoms with Crippen molar-refractivity contribution < 1.29 is 41.4 Å². The normalized spacial score (nSPS) is 19.8. The number of likely N-dealkylation sites (tertiary alicyclic amines) is 1. The van der Waals surface area contributed by atoms with Crippen molar-refractivity contribution in [1.82, 2.24) is 9.80 Å². The van der Waals surface area contributed by atoms with Crippen molar-refractivity contribution >= 4 is 12.2 Å². The Bertz CT molecular complexity index is 896. The molecule has 2 amide bonds. The third-order valence-electron chi connectivity index (χ3n) is 5.73. The van der Waals surface area contributed by atoms with Crippen LogP contribution in [0.2, 0.25) is 0 Å². The van der Waals surface area contributed by atoms with Gasteiger partial charge in [-0.05, 0) is 64.2 Å². The van der Waals surface area contributed by atoms with Gasteiger partial charge in [0.25, 0.3) is 0 Å². The van der Waals surface area contributed by atoms with Gasteiger partial charge in [-0.2, -0.15) is 0 Å². The zero-order chi connectivity index (χ0) is 24.6. The maximum absolute atomic E-state index is 13.9. The zero-order valence-corrected chi connectivity index (χ0v) is 19.0. The van der Waals surface area contributed by atoms with E-state index in [1.165, 1.54) is 18.1 Å². The molecule has 1 heterocycles. The molecule has 184 valence electrons. The Hall–Kier alpha value is -2.72. The van der Waals surface area contributed by atoms with E-state index < -0.39 is 41.3 Å². The average molecular weight is 476 g/mol. The maximum atomic E-state index is 13.9. The lowest BCUT2D eigenvalue weighted by Crippen LogP contribution is -2.50. The number of methoxy groups -OCH3 is 1. The predicted octanol–water partition coefficient (Wildman–Crippen LogP) is 5.18. The van der Waals surface area contributed by atoms with Gasteiger partial charge in [0.1, 0.15) is 5.60 Å². The summed E-state index contributed by atoms with van der Waals surface area (Å²) in [4.78, 5) is 28.3. The molecule has 0 radical (unpaired) electrons. The van der Waals surface area contributed by atoms with Crippen LogP contribution in [0.4, 0.5) is 27.2 Å². The van der Waals surface area contributed by atoms with Crippen LogP contribution in [0.25, 0.3) is 0 Å². The minimum Gasteiger partial charge on any atom is -0.453 e. The lowest BCUT2D eigenvalue weighted by molar-refractivity contribution is -0.275. The summed E-state index contributed by atoms with van der Waals surface area (Å²) in [5.74, 6) is -2.13. The molecule has 1 aromatic carbocycles. The smallest absolute Gasteiger partial charge is 0.453 e. The van der Waals surface area contributed by atoms with Crippen molar-refractivity contribution in [2.45, 2.75) is 70.0 Å². The number of halogens is 4. The fourth-order valence-corrected chi connectivity index (χ4v) is 4.16. The summed E-state index contributed by atoms with van der Waals surface area (Å²) in [6.07, 6.45) is -4.03. The van der Waals surface area contributed by atoms with Crippen LogP contribution in [-0.4, -0.2) is 60.2 Å². The van der Waals surface area contributed by atoms with Gasteiger partial charge in [0.05, 0.1) is 18.7 Å². The fraction of sp³-hybridized carbons (Fsp3) is 0.636. The van der Waals surface area contributed by atoms with E-state index in [-0.39, 0.29) is 12.6 Å². The van der Waals surface area contributed by atoms with E-state index >= 15 is 0 Å². The Kier molecular flexibility index (Phi) is 6.72. The Balaban J connectivity index is 1.87. The SMILES string of the molecule is COC(=O)N(C[C@H]1CCCN1C(=O)OC(C)(C)C)C1(c2ccc(F)c(OC(F)(F)F)c2)CC1. The molecule has 0 N–H and O–H groups in total.